The molecule has 24 heavy (non-hydrogen) atoms. The standard InChI is InChI=1S/C16H11ClN6O/c17-13-5-4-11(9-20-13)10-22-8-1-3-12-14(22)21-16(24)23(12)15-18-6-2-7-19-15/h1-9H,10H2. The summed E-state index contributed by atoms with van der Waals surface area (Å²) >= 11 is 5.81. The maximum atomic E-state index is 12.3. The van der Waals surface area contributed by atoms with Crippen molar-refractivity contribution in [3.8, 4) is 17.5 Å². The highest BCUT2D eigenvalue weighted by Crippen LogP contribution is 2.20. The maximum Gasteiger partial charge on any atom is 0.357 e. The molecule has 2 aliphatic heterocycles. The number of fused-ring (bicyclic) bond motifs is 1. The Bertz CT molecular complexity index is 1010. The number of imidazole rings is 1. The second-order valence-electron chi connectivity index (χ2n) is 5.11. The lowest BCUT2D eigenvalue weighted by Crippen LogP contribution is -2.16. The van der Waals surface area contributed by atoms with E-state index in [1.165, 1.54) is 4.57 Å². The zero-order valence-electron chi connectivity index (χ0n) is 12.4. The van der Waals surface area contributed by atoms with Crippen LogP contribution in [0.3, 0.4) is 0 Å². The number of hydrogen-bond donors (Lipinski definition) is 0. The van der Waals surface area contributed by atoms with Crippen molar-refractivity contribution in [2.24, 2.45) is 0 Å². The topological polar surface area (TPSA) is 78.5 Å². The second-order valence-corrected chi connectivity index (χ2v) is 5.50. The van der Waals surface area contributed by atoms with E-state index in [0.29, 0.717) is 29.2 Å². The van der Waals surface area contributed by atoms with E-state index in [1.54, 1.807) is 30.7 Å². The molecule has 2 aliphatic rings. The average Bonchev–Trinajstić information content (AvgIpc) is 2.95. The van der Waals surface area contributed by atoms with Gasteiger partial charge in [-0.2, -0.15) is 4.98 Å². The van der Waals surface area contributed by atoms with Gasteiger partial charge in [-0.1, -0.05) is 17.7 Å². The van der Waals surface area contributed by atoms with E-state index in [1.807, 2.05) is 29.0 Å². The minimum atomic E-state index is -0.412. The van der Waals surface area contributed by atoms with Crippen LogP contribution >= 0.6 is 11.6 Å². The summed E-state index contributed by atoms with van der Waals surface area (Å²) in [5.74, 6) is 0.862. The van der Waals surface area contributed by atoms with Crippen molar-refractivity contribution in [3.05, 3.63) is 76.3 Å². The molecule has 0 N–H and O–H groups in total. The van der Waals surface area contributed by atoms with E-state index in [0.717, 1.165) is 5.56 Å². The summed E-state index contributed by atoms with van der Waals surface area (Å²) in [7, 11) is 0. The quantitative estimate of drug-likeness (QED) is 0.534. The first-order valence-electron chi connectivity index (χ1n) is 7.18. The van der Waals surface area contributed by atoms with Gasteiger partial charge in [0.05, 0.1) is 12.2 Å². The van der Waals surface area contributed by atoms with Gasteiger partial charge < -0.3 is 4.57 Å². The third-order valence-corrected chi connectivity index (χ3v) is 3.77. The van der Waals surface area contributed by atoms with Crippen LogP contribution in [0.4, 0.5) is 0 Å². The molecule has 0 aliphatic carbocycles. The van der Waals surface area contributed by atoms with Crippen molar-refractivity contribution in [3.63, 3.8) is 0 Å². The van der Waals surface area contributed by atoms with Gasteiger partial charge in [-0.05, 0) is 29.8 Å². The van der Waals surface area contributed by atoms with Gasteiger partial charge >= 0.3 is 5.69 Å². The Hall–Kier alpha value is -3.06. The predicted molar refractivity (Wildman–Crippen MR) is 88.4 cm³/mol. The normalized spacial score (nSPS) is 11.0. The first-order valence-corrected chi connectivity index (χ1v) is 7.56. The van der Waals surface area contributed by atoms with Crippen LogP contribution in [0, 0.1) is 0 Å². The Labute approximate surface area is 141 Å². The molecule has 0 aromatic carbocycles. The molecule has 0 saturated heterocycles. The van der Waals surface area contributed by atoms with E-state index < -0.39 is 5.69 Å². The molecule has 2 aromatic rings. The largest absolute Gasteiger partial charge is 0.357 e. The van der Waals surface area contributed by atoms with Gasteiger partial charge in [0.15, 0.2) is 5.82 Å². The fraction of sp³-hybridized carbons (Fsp3) is 0.0625. The summed E-state index contributed by atoms with van der Waals surface area (Å²) in [6.45, 7) is 0.521. The van der Waals surface area contributed by atoms with E-state index >= 15 is 0 Å². The summed E-state index contributed by atoms with van der Waals surface area (Å²) in [4.78, 5) is 28.8. The molecule has 0 bridgehead atoms. The zero-order valence-corrected chi connectivity index (χ0v) is 13.1. The summed E-state index contributed by atoms with van der Waals surface area (Å²) in [5.41, 5.74) is 1.19. The molecule has 8 heteroatoms. The minimum Gasteiger partial charge on any atom is -0.327 e. The van der Waals surface area contributed by atoms with Crippen LogP contribution in [-0.2, 0) is 6.54 Å². The third-order valence-electron chi connectivity index (χ3n) is 3.55. The van der Waals surface area contributed by atoms with Crippen LogP contribution < -0.4 is 5.69 Å². The molecule has 118 valence electrons. The Morgan fingerprint density at radius 2 is 1.88 bits per heavy atom. The Morgan fingerprint density at radius 1 is 1.04 bits per heavy atom. The first kappa shape index (κ1) is 14.5. The molecular formula is C16H11ClN6O. The lowest BCUT2D eigenvalue weighted by atomic mass is 10.2. The van der Waals surface area contributed by atoms with E-state index in [4.69, 9.17) is 11.6 Å². The molecule has 0 unspecified atom stereocenters. The van der Waals surface area contributed by atoms with Gasteiger partial charge in [0, 0.05) is 24.8 Å². The zero-order chi connectivity index (χ0) is 16.5. The number of pyridine rings is 2. The number of nitrogens with zero attached hydrogens (tertiary/aromatic N) is 6. The average molecular weight is 339 g/mol. The monoisotopic (exact) mass is 338 g/mol. The van der Waals surface area contributed by atoms with Gasteiger partial charge in [-0.15, -0.1) is 0 Å². The molecule has 0 amide bonds. The van der Waals surface area contributed by atoms with Crippen LogP contribution in [0.1, 0.15) is 5.56 Å². The molecular weight excluding hydrogens is 328 g/mol. The molecule has 4 rings (SSSR count). The highest BCUT2D eigenvalue weighted by molar-refractivity contribution is 6.29. The molecule has 4 heterocycles. The molecule has 0 saturated carbocycles. The molecule has 7 nitrogen and oxygen atoms in total. The first-order chi connectivity index (χ1) is 11.7. The summed E-state index contributed by atoms with van der Waals surface area (Å²) in [6, 6.07) is 8.98. The van der Waals surface area contributed by atoms with Crippen molar-refractivity contribution in [2.75, 3.05) is 0 Å². The Morgan fingerprint density at radius 3 is 2.62 bits per heavy atom. The van der Waals surface area contributed by atoms with Crippen molar-refractivity contribution < 1.29 is 0 Å². The molecule has 0 spiro atoms. The highest BCUT2D eigenvalue weighted by atomic mass is 35.5. The van der Waals surface area contributed by atoms with E-state index in [-0.39, 0.29) is 0 Å². The molecule has 2 aromatic heterocycles. The van der Waals surface area contributed by atoms with Gasteiger partial charge in [0.25, 0.3) is 0 Å². The van der Waals surface area contributed by atoms with Crippen LogP contribution in [0.2, 0.25) is 5.15 Å². The van der Waals surface area contributed by atoms with Gasteiger partial charge in [0.2, 0.25) is 5.95 Å². The summed E-state index contributed by atoms with van der Waals surface area (Å²) in [6.07, 6.45) is 6.73. The molecule has 0 radical (unpaired) electrons. The van der Waals surface area contributed by atoms with Crippen LogP contribution in [0.5, 0.6) is 0 Å². The smallest absolute Gasteiger partial charge is 0.327 e. The van der Waals surface area contributed by atoms with Crippen LogP contribution in [0.15, 0.2) is 59.9 Å². The molecule has 0 atom stereocenters. The fourth-order valence-corrected chi connectivity index (χ4v) is 2.61. The van der Waals surface area contributed by atoms with E-state index in [2.05, 4.69) is 19.9 Å². The second kappa shape index (κ2) is 5.86. The number of rotatable bonds is 3. The minimum absolute atomic E-state index is 0.302. The van der Waals surface area contributed by atoms with Crippen molar-refractivity contribution in [1.29, 1.82) is 0 Å². The summed E-state index contributed by atoms with van der Waals surface area (Å²) < 4.78 is 3.27. The van der Waals surface area contributed by atoms with E-state index in [9.17, 15) is 4.79 Å². The number of hydrogen-bond acceptors (Lipinski definition) is 5. The van der Waals surface area contributed by atoms with Crippen molar-refractivity contribution >= 4 is 11.6 Å². The van der Waals surface area contributed by atoms with Crippen molar-refractivity contribution in [1.82, 2.24) is 29.1 Å². The van der Waals surface area contributed by atoms with Crippen LogP contribution in [0.25, 0.3) is 17.5 Å². The van der Waals surface area contributed by atoms with Crippen LogP contribution in [-0.4, -0.2) is 29.1 Å². The Kier molecular flexibility index (Phi) is 3.55. The molecule has 0 fully saturated rings. The maximum absolute atomic E-state index is 12.3. The predicted octanol–water partition coefficient (Wildman–Crippen LogP) is 2.03. The lowest BCUT2D eigenvalue weighted by Gasteiger charge is -2.12. The SMILES string of the molecule is O=c1nc2n(Cc3ccc(Cl)nc3)cccc-2n1-c1ncccn1. The Balaban J connectivity index is 1.79. The highest BCUT2D eigenvalue weighted by Gasteiger charge is 2.19. The van der Waals surface area contributed by atoms with Gasteiger partial charge in [-0.3, -0.25) is 0 Å². The third kappa shape index (κ3) is 2.55. The van der Waals surface area contributed by atoms with Gasteiger partial charge in [0.1, 0.15) is 5.15 Å². The number of halogens is 1. The number of aromatic nitrogens is 6. The van der Waals surface area contributed by atoms with Gasteiger partial charge in [-0.25, -0.2) is 24.3 Å². The fourth-order valence-electron chi connectivity index (χ4n) is 2.49. The lowest BCUT2D eigenvalue weighted by molar-refractivity contribution is 0.779. The van der Waals surface area contributed by atoms with Crippen molar-refractivity contribution in [2.45, 2.75) is 6.54 Å². The summed E-state index contributed by atoms with van der Waals surface area (Å²) in [5, 5.41) is 0.439.